The molecule has 0 aliphatic carbocycles. The summed E-state index contributed by atoms with van der Waals surface area (Å²) >= 11 is 0. The lowest BCUT2D eigenvalue weighted by atomic mass is 9.99. The summed E-state index contributed by atoms with van der Waals surface area (Å²) in [4.78, 5) is 48.0. The van der Waals surface area contributed by atoms with E-state index in [-0.39, 0.29) is 49.8 Å². The van der Waals surface area contributed by atoms with Crippen LogP contribution in [0.15, 0.2) is 18.2 Å². The van der Waals surface area contributed by atoms with Crippen LogP contribution in [0, 0.1) is 5.41 Å². The maximum atomic E-state index is 12.4. The first-order valence-electron chi connectivity index (χ1n) is 12.4. The maximum absolute atomic E-state index is 12.4. The SMILES string of the molecule is CCCOC(=O)Oc1ccc(C[C@H](N)C(=O)OC[C@H](C)OC(=O)OCC(C)(C)C)cc1OC(=O)OCCC. The highest BCUT2D eigenvalue weighted by atomic mass is 16.7. The maximum Gasteiger partial charge on any atom is 0.513 e. The minimum Gasteiger partial charge on any atom is -0.461 e. The molecule has 12 heteroatoms. The third-order valence-electron chi connectivity index (χ3n) is 4.38. The molecule has 0 amide bonds. The second-order valence-electron chi connectivity index (χ2n) is 9.65. The second kappa shape index (κ2) is 16.3. The Morgan fingerprint density at radius 1 is 0.842 bits per heavy atom. The molecule has 0 aliphatic heterocycles. The van der Waals surface area contributed by atoms with Crippen molar-refractivity contribution in [1.29, 1.82) is 0 Å². The van der Waals surface area contributed by atoms with E-state index in [1.165, 1.54) is 18.2 Å². The van der Waals surface area contributed by atoms with Crippen LogP contribution in [0.3, 0.4) is 0 Å². The molecule has 0 fully saturated rings. The molecule has 0 unspecified atom stereocenters. The van der Waals surface area contributed by atoms with E-state index in [0.717, 1.165) is 0 Å². The predicted molar refractivity (Wildman–Crippen MR) is 135 cm³/mol. The summed E-state index contributed by atoms with van der Waals surface area (Å²) in [6, 6.07) is 3.22. The second-order valence-corrected chi connectivity index (χ2v) is 9.65. The zero-order valence-electron chi connectivity index (χ0n) is 22.9. The molecule has 0 radical (unpaired) electrons. The smallest absolute Gasteiger partial charge is 0.461 e. The average molecular weight is 542 g/mol. The van der Waals surface area contributed by atoms with Gasteiger partial charge in [0.25, 0.3) is 0 Å². The lowest BCUT2D eigenvalue weighted by molar-refractivity contribution is -0.148. The molecule has 0 aliphatic rings. The minimum absolute atomic E-state index is 0.00260. The molecule has 0 spiro atoms. The Kier molecular flexibility index (Phi) is 14.0. The number of rotatable bonds is 13. The zero-order chi connectivity index (χ0) is 28.7. The van der Waals surface area contributed by atoms with Crippen LogP contribution in [0.1, 0.15) is 59.9 Å². The van der Waals surface area contributed by atoms with Crippen LogP contribution in [0.2, 0.25) is 0 Å². The topological polar surface area (TPSA) is 159 Å². The molecule has 1 aromatic rings. The van der Waals surface area contributed by atoms with Gasteiger partial charge in [-0.2, -0.15) is 0 Å². The van der Waals surface area contributed by atoms with E-state index in [1.54, 1.807) is 6.92 Å². The highest BCUT2D eigenvalue weighted by Crippen LogP contribution is 2.30. The standard InChI is InChI=1S/C26H39NO11/c1-7-11-32-23(29)37-20-10-9-18(14-21(20)38-24(30)33-12-8-2)13-19(27)22(28)34-15-17(3)36-25(31)35-16-26(4,5)6/h9-10,14,17,19H,7-8,11-13,15-16,27H2,1-6H3/t17-,19-/m0/s1. The molecular weight excluding hydrogens is 502 g/mol. The Hall–Kier alpha value is -3.54. The van der Waals surface area contributed by atoms with Crippen LogP contribution in [-0.2, 0) is 34.9 Å². The Morgan fingerprint density at radius 2 is 1.42 bits per heavy atom. The number of nitrogens with two attached hydrogens (primary N) is 1. The van der Waals surface area contributed by atoms with Crippen molar-refractivity contribution in [2.75, 3.05) is 26.4 Å². The summed E-state index contributed by atoms with van der Waals surface area (Å²) in [6.45, 7) is 11.2. The molecule has 2 atom stereocenters. The summed E-state index contributed by atoms with van der Waals surface area (Å²) < 4.78 is 35.3. The van der Waals surface area contributed by atoms with Gasteiger partial charge in [-0.25, -0.2) is 14.4 Å². The molecule has 12 nitrogen and oxygen atoms in total. The molecule has 2 N–H and O–H groups in total. The van der Waals surface area contributed by atoms with E-state index in [4.69, 9.17) is 38.9 Å². The Bertz CT molecular complexity index is 926. The summed E-state index contributed by atoms with van der Waals surface area (Å²) in [6.07, 6.45) is -2.39. The first-order chi connectivity index (χ1) is 17.8. The van der Waals surface area contributed by atoms with Crippen LogP contribution in [0.5, 0.6) is 11.5 Å². The van der Waals surface area contributed by atoms with Crippen LogP contribution in [0.4, 0.5) is 14.4 Å². The van der Waals surface area contributed by atoms with Crippen molar-refractivity contribution < 1.29 is 52.3 Å². The fourth-order valence-electron chi connectivity index (χ4n) is 2.60. The Labute approximate surface area is 223 Å². The molecule has 0 saturated carbocycles. The summed E-state index contributed by atoms with van der Waals surface area (Å²) in [5.41, 5.74) is 6.24. The van der Waals surface area contributed by atoms with Gasteiger partial charge in [-0.15, -0.1) is 0 Å². The van der Waals surface area contributed by atoms with Gasteiger partial charge in [0.2, 0.25) is 0 Å². The fourth-order valence-corrected chi connectivity index (χ4v) is 2.60. The predicted octanol–water partition coefficient (Wildman–Crippen LogP) is 4.54. The zero-order valence-corrected chi connectivity index (χ0v) is 22.9. The van der Waals surface area contributed by atoms with Gasteiger partial charge in [0.1, 0.15) is 18.8 Å². The van der Waals surface area contributed by atoms with E-state index in [0.29, 0.717) is 18.4 Å². The molecule has 38 heavy (non-hydrogen) atoms. The van der Waals surface area contributed by atoms with Gasteiger partial charge in [-0.05, 0) is 49.3 Å². The Morgan fingerprint density at radius 3 is 1.97 bits per heavy atom. The number of carbonyl (C=O) groups is 4. The largest absolute Gasteiger partial charge is 0.513 e. The highest BCUT2D eigenvalue weighted by molar-refractivity contribution is 5.76. The summed E-state index contributed by atoms with van der Waals surface area (Å²) in [5.74, 6) is -0.936. The van der Waals surface area contributed by atoms with E-state index >= 15 is 0 Å². The quantitative estimate of drug-likeness (QED) is 0.211. The normalized spacial score (nSPS) is 12.5. The van der Waals surface area contributed by atoms with Crippen LogP contribution in [0.25, 0.3) is 0 Å². The van der Waals surface area contributed by atoms with Gasteiger partial charge in [-0.3, -0.25) is 4.79 Å². The van der Waals surface area contributed by atoms with Gasteiger partial charge in [-0.1, -0.05) is 40.7 Å². The molecule has 214 valence electrons. The molecule has 0 saturated heterocycles. The van der Waals surface area contributed by atoms with Gasteiger partial charge in [0.05, 0.1) is 19.8 Å². The van der Waals surface area contributed by atoms with Crippen molar-refractivity contribution in [2.24, 2.45) is 11.1 Å². The van der Waals surface area contributed by atoms with E-state index in [2.05, 4.69) is 0 Å². The lowest BCUT2D eigenvalue weighted by Gasteiger charge is -2.19. The van der Waals surface area contributed by atoms with Crippen molar-refractivity contribution in [2.45, 2.75) is 73.0 Å². The van der Waals surface area contributed by atoms with E-state index in [9.17, 15) is 19.2 Å². The first kappa shape index (κ1) is 32.5. The van der Waals surface area contributed by atoms with Crippen LogP contribution < -0.4 is 15.2 Å². The van der Waals surface area contributed by atoms with Crippen LogP contribution in [-0.4, -0.2) is 63.0 Å². The Balaban J connectivity index is 2.76. The fraction of sp³-hybridized carbons (Fsp3) is 0.615. The number of benzene rings is 1. The molecule has 1 rings (SSSR count). The minimum atomic E-state index is -1.09. The van der Waals surface area contributed by atoms with Crippen molar-refractivity contribution in [3.05, 3.63) is 23.8 Å². The monoisotopic (exact) mass is 541 g/mol. The highest BCUT2D eigenvalue weighted by Gasteiger charge is 2.22. The average Bonchev–Trinajstić information content (AvgIpc) is 2.84. The van der Waals surface area contributed by atoms with E-state index < -0.39 is 36.6 Å². The van der Waals surface area contributed by atoms with Crippen molar-refractivity contribution >= 4 is 24.4 Å². The molecule has 1 aromatic carbocycles. The third-order valence-corrected chi connectivity index (χ3v) is 4.38. The lowest BCUT2D eigenvalue weighted by Crippen LogP contribution is -2.36. The molecule has 0 aromatic heterocycles. The number of esters is 1. The molecule has 0 heterocycles. The third kappa shape index (κ3) is 13.7. The van der Waals surface area contributed by atoms with Gasteiger partial charge in [0.15, 0.2) is 11.5 Å². The van der Waals surface area contributed by atoms with Gasteiger partial charge in [0, 0.05) is 0 Å². The molecule has 0 bridgehead atoms. The van der Waals surface area contributed by atoms with Crippen molar-refractivity contribution in [1.82, 2.24) is 0 Å². The number of ether oxygens (including phenoxy) is 7. The number of carbonyl (C=O) groups excluding carboxylic acids is 4. The van der Waals surface area contributed by atoms with Gasteiger partial charge >= 0.3 is 24.4 Å². The number of hydrogen-bond acceptors (Lipinski definition) is 12. The van der Waals surface area contributed by atoms with Crippen LogP contribution >= 0.6 is 0 Å². The first-order valence-corrected chi connectivity index (χ1v) is 12.4. The summed E-state index contributed by atoms with van der Waals surface area (Å²) in [5, 5.41) is 0. The molecular formula is C26H39NO11. The van der Waals surface area contributed by atoms with Gasteiger partial charge < -0.3 is 38.9 Å². The van der Waals surface area contributed by atoms with E-state index in [1.807, 2.05) is 34.6 Å². The summed E-state index contributed by atoms with van der Waals surface area (Å²) in [7, 11) is 0. The number of hydrogen-bond donors (Lipinski definition) is 1. The van der Waals surface area contributed by atoms with Crippen molar-refractivity contribution in [3.63, 3.8) is 0 Å². The van der Waals surface area contributed by atoms with Crippen molar-refractivity contribution in [3.8, 4) is 11.5 Å².